The molecule has 0 aliphatic heterocycles. The maximum Gasteiger partial charge on any atom is 0.123 e. The van der Waals surface area contributed by atoms with Gasteiger partial charge in [-0.3, -0.25) is 0 Å². The summed E-state index contributed by atoms with van der Waals surface area (Å²) in [4.78, 5) is 4.58. The summed E-state index contributed by atoms with van der Waals surface area (Å²) in [5.41, 5.74) is 8.77. The second-order valence-electron chi connectivity index (χ2n) is 3.52. The first-order valence-corrected chi connectivity index (χ1v) is 5.98. The average Bonchev–Trinajstić information content (AvgIpc) is 2.68. The fourth-order valence-corrected chi connectivity index (χ4v) is 2.30. The van der Waals surface area contributed by atoms with E-state index in [9.17, 15) is 0 Å². The van der Waals surface area contributed by atoms with Gasteiger partial charge in [-0.1, -0.05) is 13.3 Å². The fraction of sp³-hybridized carbons (Fsp3) is 0.250. The normalized spacial score (nSPS) is 10.5. The highest BCUT2D eigenvalue weighted by Gasteiger charge is 2.03. The monoisotopic (exact) mass is 218 g/mol. The number of benzene rings is 1. The van der Waals surface area contributed by atoms with Gasteiger partial charge in [0.05, 0.1) is 5.69 Å². The molecule has 1 aromatic heterocycles. The maximum absolute atomic E-state index is 5.64. The van der Waals surface area contributed by atoms with E-state index in [0.717, 1.165) is 29.1 Å². The molecule has 1 aromatic carbocycles. The van der Waals surface area contributed by atoms with Crippen LogP contribution in [-0.4, -0.2) is 4.98 Å². The van der Waals surface area contributed by atoms with E-state index in [1.54, 1.807) is 11.3 Å². The van der Waals surface area contributed by atoms with Crippen LogP contribution in [0.3, 0.4) is 0 Å². The first-order chi connectivity index (χ1) is 7.29. The van der Waals surface area contributed by atoms with Gasteiger partial charge < -0.3 is 5.73 Å². The fourth-order valence-electron chi connectivity index (χ4n) is 1.44. The van der Waals surface area contributed by atoms with Gasteiger partial charge in [-0.2, -0.15) is 0 Å². The van der Waals surface area contributed by atoms with Crippen LogP contribution in [-0.2, 0) is 6.42 Å². The lowest BCUT2D eigenvalue weighted by Gasteiger charge is -1.96. The van der Waals surface area contributed by atoms with Crippen molar-refractivity contribution in [3.05, 3.63) is 35.3 Å². The number of nitrogens with two attached hydrogens (primary N) is 1. The Kier molecular flexibility index (Phi) is 3.02. The number of aryl methyl sites for hydroxylation is 1. The Balaban J connectivity index is 2.25. The largest absolute Gasteiger partial charge is 0.399 e. The summed E-state index contributed by atoms with van der Waals surface area (Å²) in [5.74, 6) is 0. The molecule has 2 N–H and O–H groups in total. The highest BCUT2D eigenvalue weighted by atomic mass is 32.1. The van der Waals surface area contributed by atoms with E-state index in [2.05, 4.69) is 17.3 Å². The molecule has 0 bridgehead atoms. The number of thiazole rings is 1. The van der Waals surface area contributed by atoms with E-state index in [4.69, 9.17) is 5.73 Å². The molecule has 0 radical (unpaired) electrons. The van der Waals surface area contributed by atoms with Crippen molar-refractivity contribution in [1.29, 1.82) is 0 Å². The van der Waals surface area contributed by atoms with Crippen LogP contribution in [0.2, 0.25) is 0 Å². The molecule has 3 heteroatoms. The van der Waals surface area contributed by atoms with Crippen molar-refractivity contribution in [2.45, 2.75) is 19.8 Å². The molecule has 15 heavy (non-hydrogen) atoms. The van der Waals surface area contributed by atoms with Crippen LogP contribution >= 0.6 is 11.3 Å². The molecular formula is C12H14N2S. The molecule has 0 saturated carbocycles. The number of aromatic nitrogens is 1. The topological polar surface area (TPSA) is 38.9 Å². The van der Waals surface area contributed by atoms with Crippen LogP contribution in [0.1, 0.15) is 19.0 Å². The molecule has 1 heterocycles. The van der Waals surface area contributed by atoms with Gasteiger partial charge in [0.2, 0.25) is 0 Å². The number of hydrogen-bond acceptors (Lipinski definition) is 3. The zero-order valence-corrected chi connectivity index (χ0v) is 9.55. The summed E-state index contributed by atoms with van der Waals surface area (Å²) in [6, 6.07) is 7.86. The number of hydrogen-bond donors (Lipinski definition) is 1. The maximum atomic E-state index is 5.64. The van der Waals surface area contributed by atoms with Crippen molar-refractivity contribution in [3.8, 4) is 10.6 Å². The zero-order valence-electron chi connectivity index (χ0n) is 8.73. The van der Waals surface area contributed by atoms with Crippen LogP contribution in [0.25, 0.3) is 10.6 Å². The SMILES string of the molecule is CCCc1csc(-c2ccc(N)cc2)n1. The van der Waals surface area contributed by atoms with E-state index in [0.29, 0.717) is 0 Å². The van der Waals surface area contributed by atoms with Gasteiger partial charge in [-0.25, -0.2) is 4.98 Å². The summed E-state index contributed by atoms with van der Waals surface area (Å²) in [7, 11) is 0. The van der Waals surface area contributed by atoms with E-state index < -0.39 is 0 Å². The van der Waals surface area contributed by atoms with Gasteiger partial charge in [0, 0.05) is 16.6 Å². The summed E-state index contributed by atoms with van der Waals surface area (Å²) >= 11 is 1.70. The minimum Gasteiger partial charge on any atom is -0.399 e. The standard InChI is InChI=1S/C12H14N2S/c1-2-3-11-8-15-12(14-11)9-4-6-10(13)7-5-9/h4-8H,2-3,13H2,1H3. The van der Waals surface area contributed by atoms with Crippen molar-refractivity contribution in [2.75, 3.05) is 5.73 Å². The Labute approximate surface area is 93.8 Å². The predicted octanol–water partition coefficient (Wildman–Crippen LogP) is 3.34. The molecule has 2 rings (SSSR count). The minimum absolute atomic E-state index is 0.795. The second kappa shape index (κ2) is 4.45. The molecule has 0 unspecified atom stereocenters. The van der Waals surface area contributed by atoms with Crippen molar-refractivity contribution in [2.24, 2.45) is 0 Å². The number of nitrogen functional groups attached to an aromatic ring is 1. The smallest absolute Gasteiger partial charge is 0.123 e. The number of rotatable bonds is 3. The lowest BCUT2D eigenvalue weighted by atomic mass is 10.2. The quantitative estimate of drug-likeness (QED) is 0.802. The van der Waals surface area contributed by atoms with E-state index in [1.807, 2.05) is 24.3 Å². The first-order valence-electron chi connectivity index (χ1n) is 5.10. The van der Waals surface area contributed by atoms with Gasteiger partial charge in [0.1, 0.15) is 5.01 Å². The molecule has 0 amide bonds. The van der Waals surface area contributed by atoms with Gasteiger partial charge in [0.25, 0.3) is 0 Å². The van der Waals surface area contributed by atoms with Crippen molar-refractivity contribution >= 4 is 17.0 Å². The van der Waals surface area contributed by atoms with Gasteiger partial charge in [-0.05, 0) is 30.7 Å². The molecule has 0 spiro atoms. The van der Waals surface area contributed by atoms with E-state index >= 15 is 0 Å². The van der Waals surface area contributed by atoms with Crippen molar-refractivity contribution < 1.29 is 0 Å². The lowest BCUT2D eigenvalue weighted by molar-refractivity contribution is 0.894. The molecule has 0 aliphatic carbocycles. The van der Waals surface area contributed by atoms with Crippen LogP contribution in [0.4, 0.5) is 5.69 Å². The Bertz CT molecular complexity index is 431. The Morgan fingerprint density at radius 2 is 2.00 bits per heavy atom. The van der Waals surface area contributed by atoms with Crippen LogP contribution in [0, 0.1) is 0 Å². The third-order valence-electron chi connectivity index (χ3n) is 2.22. The van der Waals surface area contributed by atoms with Gasteiger partial charge in [-0.15, -0.1) is 11.3 Å². The highest BCUT2D eigenvalue weighted by molar-refractivity contribution is 7.13. The first kappa shape index (κ1) is 10.2. The van der Waals surface area contributed by atoms with Gasteiger partial charge in [0.15, 0.2) is 0 Å². The molecule has 2 nitrogen and oxygen atoms in total. The summed E-state index contributed by atoms with van der Waals surface area (Å²) in [6.45, 7) is 2.17. The van der Waals surface area contributed by atoms with Crippen LogP contribution in [0.15, 0.2) is 29.6 Å². The van der Waals surface area contributed by atoms with Crippen LogP contribution < -0.4 is 5.73 Å². The molecular weight excluding hydrogens is 204 g/mol. The minimum atomic E-state index is 0.795. The third kappa shape index (κ3) is 2.36. The summed E-state index contributed by atoms with van der Waals surface area (Å²) in [5, 5.41) is 3.22. The molecule has 0 aliphatic rings. The Morgan fingerprint density at radius 3 is 2.67 bits per heavy atom. The highest BCUT2D eigenvalue weighted by Crippen LogP contribution is 2.24. The molecule has 78 valence electrons. The van der Waals surface area contributed by atoms with Crippen LogP contribution in [0.5, 0.6) is 0 Å². The molecule has 0 saturated heterocycles. The summed E-state index contributed by atoms with van der Waals surface area (Å²) < 4.78 is 0. The Hall–Kier alpha value is -1.35. The van der Waals surface area contributed by atoms with Gasteiger partial charge >= 0.3 is 0 Å². The van der Waals surface area contributed by atoms with E-state index in [1.165, 1.54) is 5.69 Å². The van der Waals surface area contributed by atoms with Crippen molar-refractivity contribution in [1.82, 2.24) is 4.98 Å². The number of anilines is 1. The molecule has 0 fully saturated rings. The summed E-state index contributed by atoms with van der Waals surface area (Å²) in [6.07, 6.45) is 2.20. The number of nitrogens with zero attached hydrogens (tertiary/aromatic N) is 1. The second-order valence-corrected chi connectivity index (χ2v) is 4.37. The average molecular weight is 218 g/mol. The Morgan fingerprint density at radius 1 is 1.27 bits per heavy atom. The predicted molar refractivity (Wildman–Crippen MR) is 66.0 cm³/mol. The molecule has 2 aromatic rings. The third-order valence-corrected chi connectivity index (χ3v) is 3.16. The lowest BCUT2D eigenvalue weighted by Crippen LogP contribution is -1.85. The van der Waals surface area contributed by atoms with Crippen molar-refractivity contribution in [3.63, 3.8) is 0 Å². The van der Waals surface area contributed by atoms with E-state index in [-0.39, 0.29) is 0 Å². The molecule has 0 atom stereocenters. The zero-order chi connectivity index (χ0) is 10.7.